The Bertz CT molecular complexity index is 699. The van der Waals surface area contributed by atoms with Crippen molar-refractivity contribution < 1.29 is 14.3 Å². The van der Waals surface area contributed by atoms with E-state index in [0.29, 0.717) is 12.1 Å². The fourth-order valence-electron chi connectivity index (χ4n) is 3.08. The van der Waals surface area contributed by atoms with Crippen LogP contribution in [0.5, 0.6) is 11.5 Å². The van der Waals surface area contributed by atoms with Gasteiger partial charge in [0.05, 0.1) is 14.2 Å². The van der Waals surface area contributed by atoms with Gasteiger partial charge in [0.25, 0.3) is 5.91 Å². The lowest BCUT2D eigenvalue weighted by Crippen LogP contribution is -2.45. The van der Waals surface area contributed by atoms with Crippen LogP contribution in [-0.2, 0) is 0 Å². The van der Waals surface area contributed by atoms with Gasteiger partial charge in [-0.05, 0) is 25.0 Å². The van der Waals surface area contributed by atoms with Gasteiger partial charge in [-0.1, -0.05) is 0 Å². The number of anilines is 1. The molecule has 0 aliphatic carbocycles. The molecule has 1 aromatic carbocycles. The predicted octanol–water partition coefficient (Wildman–Crippen LogP) is 2.82. The number of ether oxygens (including phenoxy) is 2. The highest BCUT2D eigenvalue weighted by molar-refractivity contribution is 5.94. The van der Waals surface area contributed by atoms with E-state index in [1.54, 1.807) is 38.7 Å². The number of methoxy groups -OCH3 is 2. The number of piperidine rings is 1. The molecule has 1 saturated heterocycles. The predicted molar refractivity (Wildman–Crippen MR) is 96.3 cm³/mol. The zero-order valence-electron chi connectivity index (χ0n) is 14.6. The minimum Gasteiger partial charge on any atom is -0.497 e. The van der Waals surface area contributed by atoms with Crippen molar-refractivity contribution in [3.63, 3.8) is 0 Å². The summed E-state index contributed by atoms with van der Waals surface area (Å²) in [7, 11) is 3.27. The number of rotatable bonds is 5. The van der Waals surface area contributed by atoms with E-state index < -0.39 is 0 Å². The minimum absolute atomic E-state index is 0.0529. The molecule has 1 atom stereocenters. The van der Waals surface area contributed by atoms with Gasteiger partial charge in [0.1, 0.15) is 11.5 Å². The molecule has 1 aliphatic heterocycles. The molecule has 3 rings (SSSR count). The van der Waals surface area contributed by atoms with E-state index in [1.165, 1.54) is 0 Å². The first kappa shape index (κ1) is 17.1. The lowest BCUT2D eigenvalue weighted by Gasteiger charge is -2.34. The Balaban J connectivity index is 1.69. The first-order valence-corrected chi connectivity index (χ1v) is 8.38. The molecule has 6 heteroatoms. The summed E-state index contributed by atoms with van der Waals surface area (Å²) in [6.45, 7) is 1.45. The molecule has 25 heavy (non-hydrogen) atoms. The van der Waals surface area contributed by atoms with Crippen molar-refractivity contribution >= 4 is 11.6 Å². The normalized spacial score (nSPS) is 17.0. The standard InChI is InChI=1S/C19H23N3O3/c1-24-17-10-16(11-18(12-17)25-2)21-15-4-3-9-22(13-15)19(23)14-5-7-20-8-6-14/h5-8,10-12,15,21H,3-4,9,13H2,1-2H3/t15-/m0/s1. The van der Waals surface area contributed by atoms with Crippen molar-refractivity contribution in [2.75, 3.05) is 32.6 Å². The number of carbonyl (C=O) groups excluding carboxylic acids is 1. The molecule has 0 spiro atoms. The maximum Gasteiger partial charge on any atom is 0.254 e. The number of likely N-dealkylation sites (tertiary alicyclic amines) is 1. The molecule has 1 aliphatic rings. The lowest BCUT2D eigenvalue weighted by atomic mass is 10.0. The van der Waals surface area contributed by atoms with Crippen LogP contribution in [0.15, 0.2) is 42.7 Å². The van der Waals surface area contributed by atoms with Gasteiger partial charge in [0.2, 0.25) is 0 Å². The van der Waals surface area contributed by atoms with Crippen LogP contribution < -0.4 is 14.8 Å². The summed E-state index contributed by atoms with van der Waals surface area (Å²) in [6.07, 6.45) is 5.28. The van der Waals surface area contributed by atoms with Crippen molar-refractivity contribution in [1.29, 1.82) is 0 Å². The summed E-state index contributed by atoms with van der Waals surface area (Å²) in [6, 6.07) is 9.42. The molecule has 1 fully saturated rings. The van der Waals surface area contributed by atoms with E-state index in [1.807, 2.05) is 23.1 Å². The average Bonchev–Trinajstić information content (AvgIpc) is 2.68. The zero-order chi connectivity index (χ0) is 17.6. The SMILES string of the molecule is COc1cc(N[C@H]2CCCN(C(=O)c3ccncc3)C2)cc(OC)c1. The molecule has 2 heterocycles. The Morgan fingerprint density at radius 3 is 2.48 bits per heavy atom. The molecule has 0 radical (unpaired) electrons. The summed E-state index contributed by atoms with van der Waals surface area (Å²) in [5.74, 6) is 1.53. The third kappa shape index (κ3) is 4.21. The fourth-order valence-corrected chi connectivity index (χ4v) is 3.08. The Hall–Kier alpha value is -2.76. The maximum atomic E-state index is 12.6. The molecule has 0 saturated carbocycles. The minimum atomic E-state index is 0.0529. The van der Waals surface area contributed by atoms with Gasteiger partial charge < -0.3 is 19.7 Å². The van der Waals surface area contributed by atoms with Crippen LogP contribution in [-0.4, -0.2) is 49.1 Å². The van der Waals surface area contributed by atoms with Crippen molar-refractivity contribution in [3.8, 4) is 11.5 Å². The summed E-state index contributed by atoms with van der Waals surface area (Å²) >= 11 is 0. The zero-order valence-corrected chi connectivity index (χ0v) is 14.6. The van der Waals surface area contributed by atoms with Gasteiger partial charge in [0, 0.05) is 61.0 Å². The topological polar surface area (TPSA) is 63.7 Å². The van der Waals surface area contributed by atoms with Crippen LogP contribution in [0.3, 0.4) is 0 Å². The highest BCUT2D eigenvalue weighted by Crippen LogP contribution is 2.27. The first-order valence-electron chi connectivity index (χ1n) is 8.38. The van der Waals surface area contributed by atoms with E-state index in [9.17, 15) is 4.79 Å². The molecule has 2 aromatic rings. The molecule has 1 amide bonds. The van der Waals surface area contributed by atoms with E-state index in [-0.39, 0.29) is 11.9 Å². The first-order chi connectivity index (χ1) is 12.2. The number of hydrogen-bond acceptors (Lipinski definition) is 5. The Kier molecular flexibility index (Phi) is 5.38. The fraction of sp³-hybridized carbons (Fsp3) is 0.368. The number of hydrogen-bond donors (Lipinski definition) is 1. The molecule has 0 unspecified atom stereocenters. The third-order valence-corrected chi connectivity index (χ3v) is 4.36. The van der Waals surface area contributed by atoms with Crippen LogP contribution in [0.2, 0.25) is 0 Å². The second-order valence-electron chi connectivity index (χ2n) is 6.07. The Morgan fingerprint density at radius 1 is 1.16 bits per heavy atom. The van der Waals surface area contributed by atoms with Gasteiger partial charge in [-0.25, -0.2) is 0 Å². The Labute approximate surface area is 147 Å². The second kappa shape index (κ2) is 7.88. The molecular formula is C19H23N3O3. The number of amides is 1. The number of nitrogens with zero attached hydrogens (tertiary/aromatic N) is 2. The van der Waals surface area contributed by atoms with Gasteiger partial charge in [0.15, 0.2) is 0 Å². The maximum absolute atomic E-state index is 12.6. The van der Waals surface area contributed by atoms with Crippen LogP contribution in [0.4, 0.5) is 5.69 Å². The molecule has 1 N–H and O–H groups in total. The van der Waals surface area contributed by atoms with E-state index in [0.717, 1.165) is 36.6 Å². The van der Waals surface area contributed by atoms with Gasteiger partial charge in [-0.3, -0.25) is 9.78 Å². The summed E-state index contributed by atoms with van der Waals surface area (Å²) in [5, 5.41) is 3.50. The quantitative estimate of drug-likeness (QED) is 0.906. The van der Waals surface area contributed by atoms with Crippen molar-refractivity contribution in [2.24, 2.45) is 0 Å². The van der Waals surface area contributed by atoms with Crippen LogP contribution in [0, 0.1) is 0 Å². The summed E-state index contributed by atoms with van der Waals surface area (Å²) < 4.78 is 10.6. The van der Waals surface area contributed by atoms with Crippen molar-refractivity contribution in [1.82, 2.24) is 9.88 Å². The average molecular weight is 341 g/mol. The number of pyridine rings is 1. The molecule has 0 bridgehead atoms. The lowest BCUT2D eigenvalue weighted by molar-refractivity contribution is 0.0714. The molecule has 132 valence electrons. The van der Waals surface area contributed by atoms with E-state index in [2.05, 4.69) is 10.3 Å². The largest absolute Gasteiger partial charge is 0.497 e. The number of carbonyl (C=O) groups is 1. The van der Waals surface area contributed by atoms with Crippen molar-refractivity contribution in [2.45, 2.75) is 18.9 Å². The van der Waals surface area contributed by atoms with Gasteiger partial charge in [-0.2, -0.15) is 0 Å². The van der Waals surface area contributed by atoms with E-state index >= 15 is 0 Å². The highest BCUT2D eigenvalue weighted by Gasteiger charge is 2.24. The third-order valence-electron chi connectivity index (χ3n) is 4.36. The van der Waals surface area contributed by atoms with Crippen LogP contribution in [0.25, 0.3) is 0 Å². The number of nitrogens with one attached hydrogen (secondary N) is 1. The number of aromatic nitrogens is 1. The molecular weight excluding hydrogens is 318 g/mol. The van der Waals surface area contributed by atoms with Gasteiger partial charge >= 0.3 is 0 Å². The highest BCUT2D eigenvalue weighted by atomic mass is 16.5. The summed E-state index contributed by atoms with van der Waals surface area (Å²) in [4.78, 5) is 18.5. The van der Waals surface area contributed by atoms with Crippen LogP contribution >= 0.6 is 0 Å². The number of benzene rings is 1. The molecule has 6 nitrogen and oxygen atoms in total. The van der Waals surface area contributed by atoms with E-state index in [4.69, 9.17) is 9.47 Å². The Morgan fingerprint density at radius 2 is 1.84 bits per heavy atom. The van der Waals surface area contributed by atoms with Gasteiger partial charge in [-0.15, -0.1) is 0 Å². The summed E-state index contributed by atoms with van der Waals surface area (Å²) in [5.41, 5.74) is 1.61. The molecule has 1 aromatic heterocycles. The van der Waals surface area contributed by atoms with Crippen molar-refractivity contribution in [3.05, 3.63) is 48.3 Å². The monoisotopic (exact) mass is 341 g/mol. The second-order valence-corrected chi connectivity index (χ2v) is 6.07. The smallest absolute Gasteiger partial charge is 0.254 e. The van der Waals surface area contributed by atoms with Crippen LogP contribution in [0.1, 0.15) is 23.2 Å².